The molecule has 1 aromatic heterocycles. The Bertz CT molecular complexity index is 372. The molecule has 2 rings (SSSR count). The molecule has 2 unspecified atom stereocenters. The van der Waals surface area contributed by atoms with Crippen LogP contribution in [0.25, 0.3) is 0 Å². The van der Waals surface area contributed by atoms with Crippen LogP contribution >= 0.6 is 11.3 Å². The number of nitrogens with one attached hydrogen (secondary N) is 1. The molecule has 0 aliphatic carbocycles. The van der Waals surface area contributed by atoms with Crippen LogP contribution in [0.3, 0.4) is 0 Å². The Balaban J connectivity index is 2.12. The zero-order valence-electron chi connectivity index (χ0n) is 11.4. The zero-order chi connectivity index (χ0) is 12.4. The summed E-state index contributed by atoms with van der Waals surface area (Å²) in [5, 5.41) is 3.56. The van der Waals surface area contributed by atoms with Crippen LogP contribution < -0.4 is 5.32 Å². The summed E-state index contributed by atoms with van der Waals surface area (Å²) >= 11 is 1.93. The molecule has 1 fully saturated rings. The molecule has 3 heteroatoms. The molecule has 1 N–H and O–H groups in total. The number of aryl methyl sites for hydroxylation is 2. The fourth-order valence-corrected chi connectivity index (χ4v) is 3.77. The SMILES string of the molecule is Cc1cc(C(C)N2CCCNC(C)C2)c(C)s1. The first kappa shape index (κ1) is 13.1. The van der Waals surface area contributed by atoms with Gasteiger partial charge in [0.2, 0.25) is 0 Å². The van der Waals surface area contributed by atoms with Gasteiger partial charge in [0.15, 0.2) is 0 Å². The molecule has 0 spiro atoms. The van der Waals surface area contributed by atoms with E-state index in [1.165, 1.54) is 28.3 Å². The molecule has 2 atom stereocenters. The van der Waals surface area contributed by atoms with Crippen molar-refractivity contribution >= 4 is 11.3 Å². The molecule has 1 aromatic rings. The molecule has 0 aromatic carbocycles. The van der Waals surface area contributed by atoms with Gasteiger partial charge in [-0.3, -0.25) is 4.90 Å². The van der Waals surface area contributed by atoms with Crippen LogP contribution in [0.2, 0.25) is 0 Å². The van der Waals surface area contributed by atoms with Crippen molar-refractivity contribution in [2.45, 2.75) is 46.2 Å². The van der Waals surface area contributed by atoms with E-state index in [1.807, 2.05) is 11.3 Å². The molecule has 2 heterocycles. The third kappa shape index (κ3) is 3.09. The third-order valence-corrected chi connectivity index (χ3v) is 4.68. The molecule has 1 aliphatic rings. The van der Waals surface area contributed by atoms with E-state index in [4.69, 9.17) is 0 Å². The highest BCUT2D eigenvalue weighted by Crippen LogP contribution is 2.30. The first-order chi connectivity index (χ1) is 8.08. The lowest BCUT2D eigenvalue weighted by Crippen LogP contribution is -2.36. The quantitative estimate of drug-likeness (QED) is 0.870. The summed E-state index contributed by atoms with van der Waals surface area (Å²) in [7, 11) is 0. The van der Waals surface area contributed by atoms with Gasteiger partial charge in [0.05, 0.1) is 0 Å². The minimum Gasteiger partial charge on any atom is -0.313 e. The molecular weight excluding hydrogens is 228 g/mol. The van der Waals surface area contributed by atoms with Crippen molar-refractivity contribution < 1.29 is 0 Å². The Kier molecular flexibility index (Phi) is 4.23. The number of nitrogens with zero attached hydrogens (tertiary/aromatic N) is 1. The van der Waals surface area contributed by atoms with Gasteiger partial charge in [0.1, 0.15) is 0 Å². The zero-order valence-corrected chi connectivity index (χ0v) is 12.2. The minimum atomic E-state index is 0.558. The summed E-state index contributed by atoms with van der Waals surface area (Å²) in [4.78, 5) is 5.55. The van der Waals surface area contributed by atoms with Crippen molar-refractivity contribution in [1.82, 2.24) is 10.2 Å². The highest BCUT2D eigenvalue weighted by Gasteiger charge is 2.22. The highest BCUT2D eigenvalue weighted by molar-refractivity contribution is 7.12. The minimum absolute atomic E-state index is 0.558. The van der Waals surface area contributed by atoms with Crippen LogP contribution in [0.15, 0.2) is 6.07 Å². The summed E-state index contributed by atoms with van der Waals surface area (Å²) in [5.74, 6) is 0. The molecule has 1 aliphatic heterocycles. The first-order valence-corrected chi connectivity index (χ1v) is 7.44. The van der Waals surface area contributed by atoms with Crippen LogP contribution in [0.5, 0.6) is 0 Å². The van der Waals surface area contributed by atoms with Gasteiger partial charge in [-0.05, 0) is 52.3 Å². The predicted molar refractivity (Wildman–Crippen MR) is 75.9 cm³/mol. The molecule has 0 bridgehead atoms. The molecule has 96 valence electrons. The van der Waals surface area contributed by atoms with Crippen molar-refractivity contribution in [3.05, 3.63) is 21.4 Å². The maximum Gasteiger partial charge on any atom is 0.0331 e. The van der Waals surface area contributed by atoms with E-state index in [9.17, 15) is 0 Å². The Morgan fingerprint density at radius 2 is 2.24 bits per heavy atom. The van der Waals surface area contributed by atoms with E-state index in [0.29, 0.717) is 12.1 Å². The summed E-state index contributed by atoms with van der Waals surface area (Å²) < 4.78 is 0. The third-order valence-electron chi connectivity index (χ3n) is 3.70. The predicted octanol–water partition coefficient (Wildman–Crippen LogP) is 3.11. The van der Waals surface area contributed by atoms with Crippen molar-refractivity contribution in [3.8, 4) is 0 Å². The average Bonchev–Trinajstić information content (AvgIpc) is 2.49. The molecular formula is C14H24N2S. The van der Waals surface area contributed by atoms with Crippen LogP contribution in [0.1, 0.15) is 41.6 Å². The van der Waals surface area contributed by atoms with Gasteiger partial charge in [-0.15, -0.1) is 11.3 Å². The van der Waals surface area contributed by atoms with Gasteiger partial charge >= 0.3 is 0 Å². The van der Waals surface area contributed by atoms with E-state index >= 15 is 0 Å². The van der Waals surface area contributed by atoms with Crippen molar-refractivity contribution in [2.24, 2.45) is 0 Å². The Hall–Kier alpha value is -0.380. The lowest BCUT2D eigenvalue weighted by molar-refractivity contribution is 0.210. The van der Waals surface area contributed by atoms with Gasteiger partial charge in [-0.1, -0.05) is 0 Å². The van der Waals surface area contributed by atoms with Gasteiger partial charge in [-0.2, -0.15) is 0 Å². The van der Waals surface area contributed by atoms with Crippen LogP contribution in [0, 0.1) is 13.8 Å². The van der Waals surface area contributed by atoms with E-state index in [2.05, 4.69) is 44.0 Å². The fourth-order valence-electron chi connectivity index (χ4n) is 2.75. The summed E-state index contributed by atoms with van der Waals surface area (Å²) in [6.45, 7) is 12.6. The second-order valence-corrected chi connectivity index (χ2v) is 6.71. The maximum absolute atomic E-state index is 3.56. The van der Waals surface area contributed by atoms with Gasteiger partial charge in [0, 0.05) is 34.9 Å². The van der Waals surface area contributed by atoms with Crippen LogP contribution in [-0.2, 0) is 0 Å². The first-order valence-electron chi connectivity index (χ1n) is 6.62. The van der Waals surface area contributed by atoms with E-state index < -0.39 is 0 Å². The second-order valence-electron chi connectivity index (χ2n) is 5.25. The number of rotatable bonds is 2. The van der Waals surface area contributed by atoms with E-state index in [0.717, 1.165) is 13.1 Å². The number of hydrogen-bond donors (Lipinski definition) is 1. The Morgan fingerprint density at radius 3 is 2.88 bits per heavy atom. The van der Waals surface area contributed by atoms with Crippen LogP contribution in [0.4, 0.5) is 0 Å². The second kappa shape index (κ2) is 5.51. The van der Waals surface area contributed by atoms with Crippen molar-refractivity contribution in [2.75, 3.05) is 19.6 Å². The molecule has 0 saturated carbocycles. The monoisotopic (exact) mass is 252 g/mol. The molecule has 0 amide bonds. The lowest BCUT2D eigenvalue weighted by atomic mass is 10.1. The normalized spacial score (nSPS) is 24.6. The number of thiophene rings is 1. The largest absolute Gasteiger partial charge is 0.313 e. The van der Waals surface area contributed by atoms with E-state index in [1.54, 1.807) is 0 Å². The molecule has 17 heavy (non-hydrogen) atoms. The standard InChI is InChI=1S/C14H24N2S/c1-10-9-16(7-5-6-15-10)12(3)14-8-11(2)17-13(14)4/h8,10,12,15H,5-7,9H2,1-4H3. The highest BCUT2D eigenvalue weighted by atomic mass is 32.1. The summed E-state index contributed by atoms with van der Waals surface area (Å²) in [6.07, 6.45) is 1.26. The fraction of sp³-hybridized carbons (Fsp3) is 0.714. The van der Waals surface area contributed by atoms with Crippen molar-refractivity contribution in [1.29, 1.82) is 0 Å². The molecule has 2 nitrogen and oxygen atoms in total. The van der Waals surface area contributed by atoms with Crippen LogP contribution in [-0.4, -0.2) is 30.6 Å². The Morgan fingerprint density at radius 1 is 1.47 bits per heavy atom. The summed E-state index contributed by atoms with van der Waals surface area (Å²) in [5.41, 5.74) is 1.53. The number of hydrogen-bond acceptors (Lipinski definition) is 3. The smallest absolute Gasteiger partial charge is 0.0331 e. The van der Waals surface area contributed by atoms with Gasteiger partial charge < -0.3 is 5.32 Å². The van der Waals surface area contributed by atoms with E-state index in [-0.39, 0.29) is 0 Å². The van der Waals surface area contributed by atoms with Gasteiger partial charge in [-0.25, -0.2) is 0 Å². The molecule has 0 radical (unpaired) electrons. The van der Waals surface area contributed by atoms with Crippen molar-refractivity contribution in [3.63, 3.8) is 0 Å². The molecule has 1 saturated heterocycles. The lowest BCUT2D eigenvalue weighted by Gasteiger charge is -2.29. The topological polar surface area (TPSA) is 15.3 Å². The average molecular weight is 252 g/mol. The van der Waals surface area contributed by atoms with Gasteiger partial charge in [0.25, 0.3) is 0 Å². The maximum atomic E-state index is 3.56. The Labute approximate surface area is 109 Å². The summed E-state index contributed by atoms with van der Waals surface area (Å²) in [6, 6.07) is 3.54.